The van der Waals surface area contributed by atoms with Crippen LogP contribution in [0, 0.1) is 0 Å². The predicted octanol–water partition coefficient (Wildman–Crippen LogP) is 9.83. The molecule has 3 aromatic rings. The molecule has 2 fully saturated rings. The van der Waals surface area contributed by atoms with Crippen LogP contribution in [0.15, 0.2) is 59.7 Å². The fraction of sp³-hybridized carbons (Fsp3) is 0.487. The number of carbonyl (C=O) groups is 2. The molecule has 9 nitrogen and oxygen atoms in total. The first-order chi connectivity index (χ1) is 23.1. The lowest BCUT2D eigenvalue weighted by molar-refractivity contribution is 0.0149. The van der Waals surface area contributed by atoms with Crippen molar-refractivity contribution >= 4 is 35.1 Å². The molecular weight excluding hydrogens is 638 g/mol. The molecule has 49 heavy (non-hydrogen) atoms. The number of aromatic amines is 1. The van der Waals surface area contributed by atoms with Gasteiger partial charge in [-0.2, -0.15) is 0 Å². The minimum Gasteiger partial charge on any atom is -0.444 e. The van der Waals surface area contributed by atoms with Crippen molar-refractivity contribution in [3.63, 3.8) is 0 Å². The molecule has 260 valence electrons. The highest BCUT2D eigenvalue weighted by atomic mass is 35.5. The molecule has 2 saturated heterocycles. The third-order valence-corrected chi connectivity index (χ3v) is 9.70. The zero-order valence-corrected chi connectivity index (χ0v) is 30.6. The fourth-order valence-electron chi connectivity index (χ4n) is 7.05. The van der Waals surface area contributed by atoms with Crippen LogP contribution in [0.1, 0.15) is 105 Å². The average molecular weight is 686 g/mol. The van der Waals surface area contributed by atoms with E-state index in [-0.39, 0.29) is 36.4 Å². The first kappa shape index (κ1) is 34.7. The van der Waals surface area contributed by atoms with Gasteiger partial charge in [-0.15, -0.1) is 0 Å². The van der Waals surface area contributed by atoms with Crippen LogP contribution in [0.25, 0.3) is 28.0 Å². The number of halogens is 1. The van der Waals surface area contributed by atoms with Gasteiger partial charge in [0.1, 0.15) is 27.9 Å². The van der Waals surface area contributed by atoms with Crippen molar-refractivity contribution in [3.05, 3.63) is 71.3 Å². The first-order valence-corrected chi connectivity index (χ1v) is 17.7. The van der Waals surface area contributed by atoms with E-state index >= 15 is 0 Å². The molecular formula is C39H48ClN5O4. The van der Waals surface area contributed by atoms with E-state index in [1.807, 2.05) is 71.7 Å². The number of amides is 2. The molecule has 6 rings (SSSR count). The van der Waals surface area contributed by atoms with Gasteiger partial charge in [0.2, 0.25) is 0 Å². The Morgan fingerprint density at radius 1 is 0.735 bits per heavy atom. The summed E-state index contributed by atoms with van der Waals surface area (Å²) in [7, 11) is 0. The number of rotatable bonds is 5. The summed E-state index contributed by atoms with van der Waals surface area (Å²) in [5.74, 6) is 0.670. The van der Waals surface area contributed by atoms with Crippen LogP contribution in [-0.2, 0) is 9.47 Å². The topological polar surface area (TPSA) is 100 Å². The second-order valence-corrected chi connectivity index (χ2v) is 15.9. The van der Waals surface area contributed by atoms with Gasteiger partial charge in [0, 0.05) is 36.0 Å². The molecule has 0 unspecified atom stereocenters. The Kier molecular flexibility index (Phi) is 9.44. The van der Waals surface area contributed by atoms with Crippen molar-refractivity contribution in [1.29, 1.82) is 0 Å². The third-order valence-electron chi connectivity index (χ3n) is 9.43. The summed E-state index contributed by atoms with van der Waals surface area (Å²) < 4.78 is 11.4. The molecule has 3 aliphatic rings. The Hall–Kier alpha value is -4.11. The molecule has 0 bridgehead atoms. The Labute approximate surface area is 294 Å². The summed E-state index contributed by atoms with van der Waals surface area (Å²) in [6.07, 6.45) is 5.53. The van der Waals surface area contributed by atoms with E-state index in [0.29, 0.717) is 23.1 Å². The van der Waals surface area contributed by atoms with Gasteiger partial charge in [-0.25, -0.2) is 14.6 Å². The molecule has 1 aromatic heterocycles. The van der Waals surface area contributed by atoms with Crippen LogP contribution in [0.4, 0.5) is 9.59 Å². The number of nitrogens with zero attached hydrogens (tertiary/aromatic N) is 4. The van der Waals surface area contributed by atoms with Gasteiger partial charge in [-0.1, -0.05) is 60.1 Å². The van der Waals surface area contributed by atoms with E-state index < -0.39 is 11.2 Å². The van der Waals surface area contributed by atoms with Gasteiger partial charge in [0.25, 0.3) is 0 Å². The highest BCUT2D eigenvalue weighted by Crippen LogP contribution is 2.39. The molecule has 3 aliphatic heterocycles. The maximum absolute atomic E-state index is 13.0. The van der Waals surface area contributed by atoms with Crippen molar-refractivity contribution in [3.8, 4) is 22.4 Å². The number of hydrogen-bond acceptors (Lipinski definition) is 6. The second-order valence-electron chi connectivity index (χ2n) is 15.6. The van der Waals surface area contributed by atoms with E-state index in [4.69, 9.17) is 31.1 Å². The van der Waals surface area contributed by atoms with Gasteiger partial charge in [0.15, 0.2) is 0 Å². The number of benzene rings is 2. The van der Waals surface area contributed by atoms with E-state index in [2.05, 4.69) is 48.3 Å². The third kappa shape index (κ3) is 7.57. The Morgan fingerprint density at radius 2 is 1.20 bits per heavy atom. The summed E-state index contributed by atoms with van der Waals surface area (Å²) in [6.45, 7) is 15.4. The SMILES string of the molecule is C[C@H]1CC[C@@H](C2=NC=C(c3ccc(-c4ccc(-c5nc([C@@H]6CC[C@H](C)N6C(=O)OC(C)(C)C)[nH]c5Cl)cc4)cc3)C2)N1C(=O)OC(C)(C)C. The number of imidazole rings is 1. The monoisotopic (exact) mass is 685 g/mol. The minimum absolute atomic E-state index is 0.0406. The normalized spacial score (nSPS) is 22.7. The number of carbonyl (C=O) groups excluding carboxylic acids is 2. The number of allylic oxidation sites excluding steroid dienone is 1. The van der Waals surface area contributed by atoms with E-state index in [1.165, 1.54) is 0 Å². The van der Waals surface area contributed by atoms with Gasteiger partial charge in [-0.05, 0) is 103 Å². The summed E-state index contributed by atoms with van der Waals surface area (Å²) in [6, 6.07) is 16.6. The number of hydrogen-bond donors (Lipinski definition) is 1. The first-order valence-electron chi connectivity index (χ1n) is 17.3. The molecule has 0 radical (unpaired) electrons. The summed E-state index contributed by atoms with van der Waals surface area (Å²) in [5.41, 5.74) is 5.89. The van der Waals surface area contributed by atoms with Gasteiger partial charge in [-0.3, -0.25) is 14.8 Å². The maximum Gasteiger partial charge on any atom is 0.411 e. The van der Waals surface area contributed by atoms with E-state index in [1.54, 1.807) is 4.90 Å². The van der Waals surface area contributed by atoms with Crippen LogP contribution in [0.2, 0.25) is 5.15 Å². The largest absolute Gasteiger partial charge is 0.444 e. The van der Waals surface area contributed by atoms with Gasteiger partial charge < -0.3 is 14.5 Å². The van der Waals surface area contributed by atoms with Crippen molar-refractivity contribution in [2.75, 3.05) is 0 Å². The molecule has 4 heterocycles. The van der Waals surface area contributed by atoms with Crippen molar-refractivity contribution in [1.82, 2.24) is 19.8 Å². The van der Waals surface area contributed by atoms with Crippen LogP contribution in [0.3, 0.4) is 0 Å². The van der Waals surface area contributed by atoms with Crippen molar-refractivity contribution < 1.29 is 19.1 Å². The number of likely N-dealkylation sites (tertiary alicyclic amines) is 2. The molecule has 4 atom stereocenters. The zero-order chi connectivity index (χ0) is 35.2. The van der Waals surface area contributed by atoms with Crippen LogP contribution < -0.4 is 0 Å². The Morgan fingerprint density at radius 3 is 1.73 bits per heavy atom. The standard InChI is InChI=1S/C39H48ClN5O4/c1-23-9-19-31(44(23)36(46)48-38(3,4)5)30-21-29(22-41-30)27-13-11-25(12-14-27)26-15-17-28(18-16-26)33-34(40)43-35(42-33)32-20-10-24(2)45(32)37(47)49-39(6,7)8/h11-18,22-24,31-32H,9-10,19-21H2,1-8H3,(H,42,43)/t23-,24-,31-,32-/m0/s1. The minimum atomic E-state index is -0.579. The maximum atomic E-state index is 13.0. The molecule has 0 saturated carbocycles. The lowest BCUT2D eigenvalue weighted by Gasteiger charge is -2.31. The fourth-order valence-corrected chi connectivity index (χ4v) is 7.30. The zero-order valence-electron chi connectivity index (χ0n) is 29.8. The van der Waals surface area contributed by atoms with E-state index in [0.717, 1.165) is 59.2 Å². The highest BCUT2D eigenvalue weighted by Gasteiger charge is 2.41. The Bertz CT molecular complexity index is 1760. The van der Waals surface area contributed by atoms with Crippen LogP contribution in [0.5, 0.6) is 0 Å². The highest BCUT2D eigenvalue weighted by molar-refractivity contribution is 6.31. The van der Waals surface area contributed by atoms with Crippen molar-refractivity contribution in [2.24, 2.45) is 4.99 Å². The molecule has 1 N–H and O–H groups in total. The smallest absolute Gasteiger partial charge is 0.411 e. The number of H-pyrrole nitrogens is 1. The van der Waals surface area contributed by atoms with Crippen molar-refractivity contribution in [2.45, 2.75) is 123 Å². The van der Waals surface area contributed by atoms with Crippen LogP contribution in [-0.4, -0.2) is 67.0 Å². The summed E-state index contributed by atoms with van der Waals surface area (Å²) in [4.78, 5) is 42.6. The molecule has 0 spiro atoms. The predicted molar refractivity (Wildman–Crippen MR) is 195 cm³/mol. The Balaban J connectivity index is 1.11. The van der Waals surface area contributed by atoms with Gasteiger partial charge in [0.05, 0.1) is 12.1 Å². The lowest BCUT2D eigenvalue weighted by atomic mass is 9.96. The quantitative estimate of drug-likeness (QED) is 0.288. The average Bonchev–Trinajstić information content (AvgIpc) is 3.81. The number of nitrogens with one attached hydrogen (secondary N) is 1. The van der Waals surface area contributed by atoms with Gasteiger partial charge >= 0.3 is 12.2 Å². The number of aromatic nitrogens is 2. The molecule has 10 heteroatoms. The summed E-state index contributed by atoms with van der Waals surface area (Å²) in [5, 5.41) is 0.448. The van der Waals surface area contributed by atoms with E-state index in [9.17, 15) is 9.59 Å². The number of aliphatic imine (C=N–C) groups is 1. The lowest BCUT2D eigenvalue weighted by Crippen LogP contribution is -2.46. The molecule has 0 aliphatic carbocycles. The number of ether oxygens (including phenoxy) is 2. The van der Waals surface area contributed by atoms with Crippen LogP contribution >= 0.6 is 11.6 Å². The molecule has 2 aromatic carbocycles. The second kappa shape index (κ2) is 13.3. The summed E-state index contributed by atoms with van der Waals surface area (Å²) >= 11 is 6.68. The molecule has 2 amide bonds.